The second-order valence-electron chi connectivity index (χ2n) is 6.01. The summed E-state index contributed by atoms with van der Waals surface area (Å²) in [6.07, 6.45) is 2.73. The number of anilines is 4. The summed E-state index contributed by atoms with van der Waals surface area (Å²) in [6, 6.07) is 6.34. The van der Waals surface area contributed by atoms with Gasteiger partial charge in [-0.1, -0.05) is 0 Å². The second-order valence-corrected chi connectivity index (χ2v) is 8.02. The lowest BCUT2D eigenvalue weighted by atomic mass is 10.3. The number of hydrogen-bond acceptors (Lipinski definition) is 8. The summed E-state index contributed by atoms with van der Waals surface area (Å²) in [5.41, 5.74) is 2.46. The van der Waals surface area contributed by atoms with E-state index in [0.29, 0.717) is 29.0 Å². The first-order valence-electron chi connectivity index (χ1n) is 8.04. The zero-order valence-corrected chi connectivity index (χ0v) is 17.4. The van der Waals surface area contributed by atoms with Gasteiger partial charge in [0.15, 0.2) is 15.7 Å². The van der Waals surface area contributed by atoms with Crippen LogP contribution in [0.15, 0.2) is 35.4 Å². The van der Waals surface area contributed by atoms with Crippen molar-refractivity contribution in [2.45, 2.75) is 18.7 Å². The fourth-order valence-corrected chi connectivity index (χ4v) is 2.99. The Hall–Kier alpha value is -2.85. The van der Waals surface area contributed by atoms with Crippen LogP contribution >= 0.6 is 12.4 Å². The predicted octanol–water partition coefficient (Wildman–Crippen LogP) is 3.14. The maximum absolute atomic E-state index is 11.9. The molecule has 11 heteroatoms. The number of halogens is 1. The normalized spacial score (nSPS) is 10.9. The van der Waals surface area contributed by atoms with Crippen LogP contribution in [-0.2, 0) is 9.84 Å². The number of H-pyrrole nitrogens is 1. The SMILES string of the molecule is COc1cc(Nc2nccc(Nc3n[nH]c(C)c3C)n2)cc(S(C)(=O)=O)c1.Cl. The number of hydrogen-bond donors (Lipinski definition) is 3. The number of benzene rings is 1. The molecule has 0 radical (unpaired) electrons. The van der Waals surface area contributed by atoms with Crippen molar-refractivity contribution in [1.82, 2.24) is 20.2 Å². The zero-order valence-electron chi connectivity index (χ0n) is 15.8. The van der Waals surface area contributed by atoms with E-state index in [1.165, 1.54) is 19.2 Å². The van der Waals surface area contributed by atoms with Gasteiger partial charge in [0.1, 0.15) is 11.6 Å². The Balaban J connectivity index is 0.00000280. The molecule has 150 valence electrons. The van der Waals surface area contributed by atoms with Crippen LogP contribution in [0.4, 0.5) is 23.3 Å². The molecule has 0 saturated carbocycles. The highest BCUT2D eigenvalue weighted by Gasteiger charge is 2.12. The van der Waals surface area contributed by atoms with E-state index in [1.54, 1.807) is 18.3 Å². The largest absolute Gasteiger partial charge is 0.497 e. The molecule has 0 unspecified atom stereocenters. The average Bonchev–Trinajstić information content (AvgIpc) is 2.93. The molecule has 3 N–H and O–H groups in total. The van der Waals surface area contributed by atoms with Gasteiger partial charge in [0.2, 0.25) is 5.95 Å². The number of nitrogens with zero attached hydrogens (tertiary/aromatic N) is 3. The van der Waals surface area contributed by atoms with Gasteiger partial charge in [0, 0.05) is 35.5 Å². The quantitative estimate of drug-likeness (QED) is 0.551. The standard InChI is InChI=1S/C17H20N6O3S.ClH/c1-10-11(2)22-23-16(10)20-15-5-6-18-17(21-15)19-12-7-13(26-3)9-14(8-12)27(4,24)25;/h5-9H,1-4H3,(H3,18,19,20,21,22,23);1H. The van der Waals surface area contributed by atoms with E-state index in [9.17, 15) is 8.42 Å². The molecular formula is C17H21ClN6O3S. The van der Waals surface area contributed by atoms with Crippen molar-refractivity contribution in [3.05, 3.63) is 41.7 Å². The number of ether oxygens (including phenoxy) is 1. The highest BCUT2D eigenvalue weighted by atomic mass is 35.5. The zero-order chi connectivity index (χ0) is 19.6. The van der Waals surface area contributed by atoms with Gasteiger partial charge in [-0.05, 0) is 32.0 Å². The maximum atomic E-state index is 11.9. The van der Waals surface area contributed by atoms with E-state index < -0.39 is 9.84 Å². The molecule has 3 aromatic rings. The Morgan fingerprint density at radius 3 is 2.50 bits per heavy atom. The molecule has 0 aliphatic heterocycles. The highest BCUT2D eigenvalue weighted by Crippen LogP contribution is 2.26. The number of sulfone groups is 1. The monoisotopic (exact) mass is 424 g/mol. The Morgan fingerprint density at radius 1 is 1.14 bits per heavy atom. The number of aromatic amines is 1. The molecule has 1 aromatic carbocycles. The summed E-state index contributed by atoms with van der Waals surface area (Å²) in [7, 11) is -1.91. The minimum Gasteiger partial charge on any atom is -0.497 e. The molecule has 0 fully saturated rings. The lowest BCUT2D eigenvalue weighted by molar-refractivity contribution is 0.413. The van der Waals surface area contributed by atoms with Crippen LogP contribution < -0.4 is 15.4 Å². The molecule has 0 saturated heterocycles. The third-order valence-corrected chi connectivity index (χ3v) is 5.05. The van der Waals surface area contributed by atoms with Crippen LogP contribution in [0.25, 0.3) is 0 Å². The molecule has 0 amide bonds. The summed E-state index contributed by atoms with van der Waals surface area (Å²) in [5.74, 6) is 1.95. The van der Waals surface area contributed by atoms with Crippen LogP contribution in [0.1, 0.15) is 11.3 Å². The number of nitrogens with one attached hydrogen (secondary N) is 3. The van der Waals surface area contributed by atoms with E-state index in [0.717, 1.165) is 17.5 Å². The van der Waals surface area contributed by atoms with Crippen molar-refractivity contribution in [2.75, 3.05) is 24.0 Å². The molecule has 9 nitrogen and oxygen atoms in total. The number of aryl methyl sites for hydroxylation is 1. The van der Waals surface area contributed by atoms with Crippen molar-refractivity contribution in [1.29, 1.82) is 0 Å². The molecule has 0 bridgehead atoms. The third-order valence-electron chi connectivity index (χ3n) is 3.96. The molecule has 0 aliphatic rings. The fourth-order valence-electron chi connectivity index (χ4n) is 2.32. The van der Waals surface area contributed by atoms with Gasteiger partial charge in [-0.15, -0.1) is 12.4 Å². The van der Waals surface area contributed by atoms with Crippen molar-refractivity contribution in [2.24, 2.45) is 0 Å². The number of methoxy groups -OCH3 is 1. The summed E-state index contributed by atoms with van der Waals surface area (Å²) in [5, 5.41) is 13.2. The summed E-state index contributed by atoms with van der Waals surface area (Å²) in [4.78, 5) is 8.69. The van der Waals surface area contributed by atoms with Crippen molar-refractivity contribution < 1.29 is 13.2 Å². The van der Waals surface area contributed by atoms with Gasteiger partial charge < -0.3 is 15.4 Å². The summed E-state index contributed by atoms with van der Waals surface area (Å²) < 4.78 is 28.9. The van der Waals surface area contributed by atoms with Crippen LogP contribution in [0.2, 0.25) is 0 Å². The van der Waals surface area contributed by atoms with Crippen molar-refractivity contribution in [3.63, 3.8) is 0 Å². The molecule has 0 spiro atoms. The Morgan fingerprint density at radius 2 is 1.89 bits per heavy atom. The lowest BCUT2D eigenvalue weighted by Gasteiger charge is -2.10. The van der Waals surface area contributed by atoms with Crippen molar-refractivity contribution in [3.8, 4) is 5.75 Å². The van der Waals surface area contributed by atoms with Crippen molar-refractivity contribution >= 4 is 45.5 Å². The van der Waals surface area contributed by atoms with Gasteiger partial charge in [-0.3, -0.25) is 5.10 Å². The van der Waals surface area contributed by atoms with Gasteiger partial charge in [-0.25, -0.2) is 13.4 Å². The highest BCUT2D eigenvalue weighted by molar-refractivity contribution is 7.90. The molecule has 2 aromatic heterocycles. The minimum atomic E-state index is -3.39. The molecule has 0 atom stereocenters. The van der Waals surface area contributed by atoms with Crippen LogP contribution in [-0.4, -0.2) is 41.9 Å². The second kappa shape index (κ2) is 8.44. The van der Waals surface area contributed by atoms with Crippen LogP contribution in [0.3, 0.4) is 0 Å². The fraction of sp³-hybridized carbons (Fsp3) is 0.235. The molecule has 2 heterocycles. The first-order chi connectivity index (χ1) is 12.8. The van der Waals surface area contributed by atoms with E-state index >= 15 is 0 Å². The van der Waals surface area contributed by atoms with Crippen LogP contribution in [0, 0.1) is 13.8 Å². The number of aromatic nitrogens is 4. The predicted molar refractivity (Wildman–Crippen MR) is 110 cm³/mol. The summed E-state index contributed by atoms with van der Waals surface area (Å²) in [6.45, 7) is 3.88. The van der Waals surface area contributed by atoms with Crippen LogP contribution in [0.5, 0.6) is 5.75 Å². The van der Waals surface area contributed by atoms with Gasteiger partial charge in [0.25, 0.3) is 0 Å². The maximum Gasteiger partial charge on any atom is 0.229 e. The Labute approximate surface area is 169 Å². The molecular weight excluding hydrogens is 404 g/mol. The molecule has 3 rings (SSSR count). The van der Waals surface area contributed by atoms with E-state index in [4.69, 9.17) is 4.74 Å². The first kappa shape index (κ1) is 21.5. The van der Waals surface area contributed by atoms with E-state index in [-0.39, 0.29) is 17.3 Å². The van der Waals surface area contributed by atoms with E-state index in [1.807, 2.05) is 13.8 Å². The van der Waals surface area contributed by atoms with Gasteiger partial charge in [0.05, 0.1) is 12.0 Å². The Kier molecular flexibility index (Phi) is 6.47. The van der Waals surface area contributed by atoms with E-state index in [2.05, 4.69) is 30.8 Å². The average molecular weight is 425 g/mol. The molecule has 28 heavy (non-hydrogen) atoms. The third kappa shape index (κ3) is 4.90. The molecule has 0 aliphatic carbocycles. The smallest absolute Gasteiger partial charge is 0.229 e. The Bertz CT molecular complexity index is 1080. The number of rotatable bonds is 6. The summed E-state index contributed by atoms with van der Waals surface area (Å²) >= 11 is 0. The van der Waals surface area contributed by atoms with Gasteiger partial charge >= 0.3 is 0 Å². The lowest BCUT2D eigenvalue weighted by Crippen LogP contribution is -2.03. The topological polar surface area (TPSA) is 122 Å². The minimum absolute atomic E-state index is 0. The van der Waals surface area contributed by atoms with Gasteiger partial charge in [-0.2, -0.15) is 10.1 Å². The first-order valence-corrected chi connectivity index (χ1v) is 9.93.